The van der Waals surface area contributed by atoms with E-state index in [1.165, 1.54) is 0 Å². The number of hydrogen-bond donors (Lipinski definition) is 1. The fraction of sp³-hybridized carbons (Fsp3) is 0.381. The van der Waals surface area contributed by atoms with Gasteiger partial charge in [0.05, 0.1) is 33.8 Å². The zero-order valence-corrected chi connectivity index (χ0v) is 18.7. The van der Waals surface area contributed by atoms with Crippen LogP contribution in [-0.2, 0) is 4.79 Å². The van der Waals surface area contributed by atoms with Crippen LogP contribution in [0.15, 0.2) is 52.9 Å². The van der Waals surface area contributed by atoms with Gasteiger partial charge in [-0.15, -0.1) is 0 Å². The zero-order valence-electron chi connectivity index (χ0n) is 16.4. The van der Waals surface area contributed by atoms with Crippen molar-refractivity contribution in [2.24, 2.45) is 11.1 Å². The van der Waals surface area contributed by atoms with E-state index in [-0.39, 0.29) is 0 Å². The summed E-state index contributed by atoms with van der Waals surface area (Å²) in [5.41, 5.74) is 8.24. The summed E-state index contributed by atoms with van der Waals surface area (Å²) in [6.07, 6.45) is 3.50. The first kappa shape index (κ1) is 22.7. The number of carbonyl (C=O) groups excluding carboxylic acids is 1. The molecule has 1 heterocycles. The summed E-state index contributed by atoms with van der Waals surface area (Å²) in [5, 5.41) is 1.61. The Kier molecular flexibility index (Phi) is 7.49. The lowest BCUT2D eigenvalue weighted by molar-refractivity contribution is -0.113. The lowest BCUT2D eigenvalue weighted by Crippen LogP contribution is -2.46. The smallest absolute Gasteiger partial charge is 0.130 e. The highest BCUT2D eigenvalue weighted by molar-refractivity contribution is 6.36. The summed E-state index contributed by atoms with van der Waals surface area (Å²) in [5.74, 6) is 0. The molecule has 1 fully saturated rings. The molecular formula is C21H26Cl3N3O. The maximum absolute atomic E-state index is 11.6. The van der Waals surface area contributed by atoms with Crippen molar-refractivity contribution in [3.05, 3.63) is 62.9 Å². The van der Waals surface area contributed by atoms with Gasteiger partial charge in [-0.05, 0) is 51.0 Å². The van der Waals surface area contributed by atoms with E-state index in [9.17, 15) is 4.79 Å². The third kappa shape index (κ3) is 4.86. The predicted octanol–water partition coefficient (Wildman–Crippen LogP) is 5.56. The number of rotatable bonds is 6. The summed E-state index contributed by atoms with van der Waals surface area (Å²) < 4.78 is 0. The first-order valence-corrected chi connectivity index (χ1v) is 10.2. The summed E-state index contributed by atoms with van der Waals surface area (Å²) in [4.78, 5) is 15.9. The van der Waals surface area contributed by atoms with Gasteiger partial charge in [-0.25, -0.2) is 0 Å². The molecule has 7 heteroatoms. The van der Waals surface area contributed by atoms with Gasteiger partial charge in [0, 0.05) is 23.5 Å². The van der Waals surface area contributed by atoms with Crippen molar-refractivity contribution < 1.29 is 4.79 Å². The topological polar surface area (TPSA) is 49.6 Å². The number of benzene rings is 1. The normalized spacial score (nSPS) is 16.7. The monoisotopic (exact) mass is 441 g/mol. The Labute approximate surface area is 182 Å². The van der Waals surface area contributed by atoms with Gasteiger partial charge in [0.25, 0.3) is 0 Å². The first-order chi connectivity index (χ1) is 13.1. The molecule has 152 valence electrons. The Morgan fingerprint density at radius 1 is 1.29 bits per heavy atom. The van der Waals surface area contributed by atoms with Crippen molar-refractivity contribution in [3.8, 4) is 0 Å². The molecule has 1 aromatic carbocycles. The van der Waals surface area contributed by atoms with Crippen LogP contribution < -0.4 is 10.6 Å². The Morgan fingerprint density at radius 2 is 1.96 bits per heavy atom. The van der Waals surface area contributed by atoms with E-state index < -0.39 is 5.41 Å². The Bertz CT molecular complexity index is 830. The fourth-order valence-corrected chi connectivity index (χ4v) is 3.70. The quantitative estimate of drug-likeness (QED) is 0.463. The first-order valence-electron chi connectivity index (χ1n) is 9.05. The van der Waals surface area contributed by atoms with Crippen molar-refractivity contribution in [2.45, 2.75) is 27.2 Å². The van der Waals surface area contributed by atoms with Gasteiger partial charge in [0.2, 0.25) is 0 Å². The molecule has 2 N–H and O–H groups in total. The molecule has 0 spiro atoms. The number of allylic oxidation sites excluding steroid dienone is 3. The van der Waals surface area contributed by atoms with Crippen LogP contribution >= 0.6 is 34.8 Å². The molecule has 28 heavy (non-hydrogen) atoms. The summed E-state index contributed by atoms with van der Waals surface area (Å²) in [7, 11) is 0. The minimum absolute atomic E-state index is 0.410. The fourth-order valence-electron chi connectivity index (χ4n) is 3.09. The van der Waals surface area contributed by atoms with Crippen molar-refractivity contribution in [2.75, 3.05) is 24.7 Å². The van der Waals surface area contributed by atoms with E-state index in [0.717, 1.165) is 31.5 Å². The molecule has 0 radical (unpaired) electrons. The second-order valence-electron chi connectivity index (χ2n) is 7.33. The van der Waals surface area contributed by atoms with Crippen molar-refractivity contribution in [1.29, 1.82) is 0 Å². The van der Waals surface area contributed by atoms with Gasteiger partial charge in [0.1, 0.15) is 6.29 Å². The highest BCUT2D eigenvalue weighted by Gasteiger charge is 2.31. The number of nitrogens with zero attached hydrogens (tertiary/aromatic N) is 2. The van der Waals surface area contributed by atoms with E-state index in [1.807, 2.05) is 32.9 Å². The van der Waals surface area contributed by atoms with Crippen LogP contribution in [0.2, 0.25) is 10.0 Å². The molecule has 0 unspecified atom stereocenters. The Hall–Kier alpha value is -1.62. The molecule has 0 amide bonds. The van der Waals surface area contributed by atoms with Crippen molar-refractivity contribution >= 4 is 46.8 Å². The second-order valence-corrected chi connectivity index (χ2v) is 8.59. The van der Waals surface area contributed by atoms with E-state index in [4.69, 9.17) is 40.5 Å². The molecule has 1 aliphatic heterocycles. The highest BCUT2D eigenvalue weighted by Crippen LogP contribution is 2.36. The van der Waals surface area contributed by atoms with E-state index in [2.05, 4.69) is 16.4 Å². The summed E-state index contributed by atoms with van der Waals surface area (Å²) in [6.45, 7) is 11.8. The molecule has 0 atom stereocenters. The van der Waals surface area contributed by atoms with Crippen LogP contribution in [0.3, 0.4) is 0 Å². The molecule has 0 aromatic heterocycles. The summed E-state index contributed by atoms with van der Waals surface area (Å²) in [6, 6.07) is 5.45. The van der Waals surface area contributed by atoms with Crippen LogP contribution in [-0.4, -0.2) is 30.9 Å². The predicted molar refractivity (Wildman–Crippen MR) is 120 cm³/mol. The molecule has 1 saturated heterocycles. The third-order valence-electron chi connectivity index (χ3n) is 4.89. The van der Waals surface area contributed by atoms with Gasteiger partial charge in [-0.2, -0.15) is 0 Å². The number of anilines is 1. The second kappa shape index (κ2) is 9.25. The average molecular weight is 443 g/mol. The molecule has 0 bridgehead atoms. The molecule has 0 saturated carbocycles. The number of carbonyl (C=O) groups is 1. The standard InChI is InChI=1S/C21H26Cl3N3O/c1-5-16(23)19(25)20(14(2)21(3,4)12-28)27-10-6-9-26(13-27)18-8-7-15(22)11-17(18)24/h5,7-8,11-12H,2,6,9-10,13,25H2,1,3-4H3/b16-5+,20-19-. The van der Waals surface area contributed by atoms with Crippen LogP contribution in [0, 0.1) is 5.41 Å². The Balaban J connectivity index is 2.46. The van der Waals surface area contributed by atoms with Crippen LogP contribution in [0.5, 0.6) is 0 Å². The van der Waals surface area contributed by atoms with Gasteiger partial charge in [-0.3, -0.25) is 0 Å². The average Bonchev–Trinajstić information content (AvgIpc) is 2.67. The molecule has 4 nitrogen and oxygen atoms in total. The Morgan fingerprint density at radius 3 is 2.54 bits per heavy atom. The van der Waals surface area contributed by atoms with Crippen molar-refractivity contribution in [3.63, 3.8) is 0 Å². The molecule has 1 aromatic rings. The third-order valence-corrected chi connectivity index (χ3v) is 5.85. The number of hydrogen-bond acceptors (Lipinski definition) is 4. The molecular weight excluding hydrogens is 417 g/mol. The highest BCUT2D eigenvalue weighted by atomic mass is 35.5. The van der Waals surface area contributed by atoms with Crippen molar-refractivity contribution in [1.82, 2.24) is 4.90 Å². The van der Waals surface area contributed by atoms with Gasteiger partial charge in [0.15, 0.2) is 0 Å². The maximum Gasteiger partial charge on any atom is 0.130 e. The molecule has 1 aliphatic rings. The van der Waals surface area contributed by atoms with Crippen LogP contribution in [0.25, 0.3) is 0 Å². The lowest BCUT2D eigenvalue weighted by atomic mass is 9.83. The zero-order chi connectivity index (χ0) is 21.1. The number of halogens is 3. The van der Waals surface area contributed by atoms with Crippen LogP contribution in [0.1, 0.15) is 27.2 Å². The van der Waals surface area contributed by atoms with E-state index >= 15 is 0 Å². The van der Waals surface area contributed by atoms with E-state index in [1.54, 1.807) is 12.1 Å². The van der Waals surface area contributed by atoms with Crippen LogP contribution in [0.4, 0.5) is 5.69 Å². The molecule has 0 aliphatic carbocycles. The minimum Gasteiger partial charge on any atom is -0.396 e. The van der Waals surface area contributed by atoms with Gasteiger partial charge in [-0.1, -0.05) is 47.5 Å². The van der Waals surface area contributed by atoms with E-state index in [0.29, 0.717) is 38.7 Å². The summed E-state index contributed by atoms with van der Waals surface area (Å²) >= 11 is 18.8. The minimum atomic E-state index is -0.773. The maximum atomic E-state index is 11.6. The number of nitrogens with two attached hydrogens (primary N) is 1. The lowest BCUT2D eigenvalue weighted by Gasteiger charge is -2.42. The number of aldehydes is 1. The van der Waals surface area contributed by atoms with Gasteiger partial charge >= 0.3 is 0 Å². The SMILES string of the molecule is C=C(/C(=C(N)\C(Cl)=C/C)N1CCCN(c2ccc(Cl)cc2Cl)C1)C(C)(C)C=O. The molecule has 2 rings (SSSR count). The van der Waals surface area contributed by atoms with Gasteiger partial charge < -0.3 is 20.3 Å². The largest absolute Gasteiger partial charge is 0.396 e.